The third-order valence-corrected chi connectivity index (χ3v) is 4.65. The van der Waals surface area contributed by atoms with Gasteiger partial charge in [0.2, 0.25) is 12.0 Å². The van der Waals surface area contributed by atoms with Crippen molar-refractivity contribution in [1.29, 1.82) is 0 Å². The highest BCUT2D eigenvalue weighted by Crippen LogP contribution is 2.26. The van der Waals surface area contributed by atoms with Crippen molar-refractivity contribution in [3.05, 3.63) is 53.9 Å². The standard InChI is InChI=1S/C13H17N3O4.C7H6F2O/c1-7-5-11(20-8(7)2)13(18)15-9-3-4-16(19)10(6-9)12(14)17;1-10-6-4-2-3-5(8)7(6)9/h3-4,6-8,11,19H,5H2,1-2H3,(H2,14,17);2-4H,1H3/p+1/t7?,8?,11-;/m1./s1. The number of carbonyl (C=O) groups is 2. The topological polar surface area (TPSA) is 115 Å². The molecule has 0 saturated carbocycles. The maximum atomic E-state index is 12.5. The number of pyridine rings is 1. The molecule has 1 aliphatic rings. The molecule has 3 rings (SSSR count). The molecule has 1 saturated heterocycles. The molecule has 0 spiro atoms. The van der Waals surface area contributed by atoms with Gasteiger partial charge in [-0.3, -0.25) is 14.8 Å². The number of rotatable bonds is 4. The lowest BCUT2D eigenvalue weighted by molar-refractivity contribution is -0.905. The monoisotopic (exact) mass is 424 g/mol. The molecule has 2 amide bonds. The predicted molar refractivity (Wildman–Crippen MR) is 102 cm³/mol. The summed E-state index contributed by atoms with van der Waals surface area (Å²) in [5.41, 5.74) is 5.38. The number of benzene rings is 1. The maximum absolute atomic E-state index is 12.5. The molecule has 1 fully saturated rings. The van der Waals surface area contributed by atoms with Crippen LogP contribution in [0.5, 0.6) is 5.75 Å². The Balaban J connectivity index is 0.000000269. The summed E-state index contributed by atoms with van der Waals surface area (Å²) in [6, 6.07) is 6.56. The number of primary amides is 1. The van der Waals surface area contributed by atoms with Gasteiger partial charge < -0.3 is 20.5 Å². The fourth-order valence-electron chi connectivity index (χ4n) is 2.77. The Labute approximate surface area is 172 Å². The second-order valence-corrected chi connectivity index (χ2v) is 6.80. The number of anilines is 1. The highest BCUT2D eigenvalue weighted by Gasteiger charge is 2.34. The van der Waals surface area contributed by atoms with E-state index in [4.69, 9.17) is 10.5 Å². The first kappa shape index (κ1) is 23.0. The molecule has 1 aromatic heterocycles. The Morgan fingerprint density at radius 1 is 1.30 bits per heavy atom. The molecule has 4 N–H and O–H groups in total. The maximum Gasteiger partial charge on any atom is 0.323 e. The van der Waals surface area contributed by atoms with E-state index in [1.807, 2.05) is 13.8 Å². The second kappa shape index (κ2) is 9.97. The van der Waals surface area contributed by atoms with E-state index < -0.39 is 23.6 Å². The van der Waals surface area contributed by atoms with Crippen LogP contribution in [0.2, 0.25) is 0 Å². The molecule has 2 unspecified atom stereocenters. The van der Waals surface area contributed by atoms with Crippen molar-refractivity contribution in [1.82, 2.24) is 0 Å². The Hall–Kier alpha value is -3.27. The number of hydrogen-bond acceptors (Lipinski definition) is 5. The summed E-state index contributed by atoms with van der Waals surface area (Å²) in [6.45, 7) is 3.96. The molecule has 1 aliphatic heterocycles. The first-order valence-electron chi connectivity index (χ1n) is 9.13. The van der Waals surface area contributed by atoms with E-state index in [1.165, 1.54) is 37.6 Å². The number of nitrogens with zero attached hydrogens (tertiary/aromatic N) is 1. The summed E-state index contributed by atoms with van der Waals surface area (Å²) < 4.78 is 35.5. The normalized spacial score (nSPS) is 20.1. The number of halogens is 2. The van der Waals surface area contributed by atoms with Gasteiger partial charge in [0.15, 0.2) is 11.6 Å². The van der Waals surface area contributed by atoms with Crippen LogP contribution in [-0.2, 0) is 9.53 Å². The number of nitrogens with two attached hydrogens (primary N) is 1. The van der Waals surface area contributed by atoms with Crippen molar-refractivity contribution >= 4 is 17.5 Å². The average Bonchev–Trinajstić information content (AvgIpc) is 3.04. The van der Waals surface area contributed by atoms with Crippen LogP contribution in [0.4, 0.5) is 14.5 Å². The molecule has 0 aliphatic carbocycles. The van der Waals surface area contributed by atoms with Crippen LogP contribution in [0.3, 0.4) is 0 Å². The Kier molecular flexibility index (Phi) is 7.65. The minimum Gasteiger partial charge on any atom is -0.494 e. The molecule has 2 heterocycles. The number of nitrogens with one attached hydrogen (secondary N) is 1. The van der Waals surface area contributed by atoms with Crippen LogP contribution < -0.4 is 20.5 Å². The van der Waals surface area contributed by atoms with Gasteiger partial charge in [-0.2, -0.15) is 4.39 Å². The van der Waals surface area contributed by atoms with Gasteiger partial charge >= 0.3 is 11.6 Å². The van der Waals surface area contributed by atoms with Gasteiger partial charge in [-0.25, -0.2) is 4.39 Å². The van der Waals surface area contributed by atoms with E-state index in [0.29, 0.717) is 22.8 Å². The average molecular weight is 424 g/mol. The SMILES string of the molecule is CC1C[C@H](C(=O)Nc2cc[n+](O)c(C(N)=O)c2)OC1C.COc1cccc(F)c1F. The molecule has 3 atom stereocenters. The van der Waals surface area contributed by atoms with E-state index in [0.717, 1.165) is 6.07 Å². The molecular weight excluding hydrogens is 400 g/mol. The van der Waals surface area contributed by atoms with Crippen LogP contribution >= 0.6 is 0 Å². The number of amides is 2. The van der Waals surface area contributed by atoms with Gasteiger partial charge in [0.1, 0.15) is 6.10 Å². The highest BCUT2D eigenvalue weighted by molar-refractivity contribution is 5.96. The number of hydrogen-bond donors (Lipinski definition) is 3. The number of ether oxygens (including phenoxy) is 2. The number of methoxy groups -OCH3 is 1. The lowest BCUT2D eigenvalue weighted by atomic mass is 10.0. The quantitative estimate of drug-likeness (QED) is 0.513. The minimum absolute atomic E-state index is 0.0438. The Morgan fingerprint density at radius 3 is 2.53 bits per heavy atom. The summed E-state index contributed by atoms with van der Waals surface area (Å²) in [6.07, 6.45) is 1.43. The lowest BCUT2D eigenvalue weighted by Gasteiger charge is -2.11. The van der Waals surface area contributed by atoms with Gasteiger partial charge in [0.05, 0.1) is 18.9 Å². The largest absolute Gasteiger partial charge is 0.494 e. The molecule has 1 aromatic carbocycles. The van der Waals surface area contributed by atoms with Crippen molar-refractivity contribution in [2.75, 3.05) is 12.4 Å². The van der Waals surface area contributed by atoms with Crippen molar-refractivity contribution in [3.8, 4) is 5.75 Å². The minimum atomic E-state index is -0.940. The van der Waals surface area contributed by atoms with Crippen LogP contribution in [0, 0.1) is 17.6 Å². The van der Waals surface area contributed by atoms with E-state index in [9.17, 15) is 23.6 Å². The third-order valence-electron chi connectivity index (χ3n) is 4.65. The summed E-state index contributed by atoms with van der Waals surface area (Å²) >= 11 is 0. The fraction of sp³-hybridized carbons (Fsp3) is 0.350. The van der Waals surface area contributed by atoms with Crippen LogP contribution in [0.1, 0.15) is 30.8 Å². The van der Waals surface area contributed by atoms with Crippen LogP contribution in [0.25, 0.3) is 0 Å². The van der Waals surface area contributed by atoms with Gasteiger partial charge in [0.25, 0.3) is 5.91 Å². The number of aromatic nitrogens is 1. The first-order valence-corrected chi connectivity index (χ1v) is 9.13. The third kappa shape index (κ3) is 5.63. The first-order chi connectivity index (χ1) is 14.1. The van der Waals surface area contributed by atoms with Gasteiger partial charge in [-0.1, -0.05) is 13.0 Å². The number of carbonyl (C=O) groups excluding carboxylic acids is 2. The molecule has 0 bridgehead atoms. The van der Waals surface area contributed by atoms with E-state index in [-0.39, 0.29) is 23.5 Å². The molecular formula is C20H24F2N3O5+. The van der Waals surface area contributed by atoms with E-state index >= 15 is 0 Å². The van der Waals surface area contributed by atoms with E-state index in [1.54, 1.807) is 0 Å². The van der Waals surface area contributed by atoms with Crippen molar-refractivity contribution < 1.29 is 37.8 Å². The fourth-order valence-corrected chi connectivity index (χ4v) is 2.77. The predicted octanol–water partition coefficient (Wildman–Crippen LogP) is 2.04. The zero-order chi connectivity index (χ0) is 22.4. The summed E-state index contributed by atoms with van der Waals surface area (Å²) in [4.78, 5) is 23.2. The molecule has 8 nitrogen and oxygen atoms in total. The smallest absolute Gasteiger partial charge is 0.323 e. The van der Waals surface area contributed by atoms with Gasteiger partial charge in [-0.05, 0) is 31.4 Å². The summed E-state index contributed by atoms with van der Waals surface area (Å²) in [7, 11) is 1.29. The molecule has 10 heteroatoms. The van der Waals surface area contributed by atoms with Crippen LogP contribution in [0.15, 0.2) is 36.5 Å². The zero-order valence-electron chi connectivity index (χ0n) is 16.8. The lowest BCUT2D eigenvalue weighted by Crippen LogP contribution is -2.40. The summed E-state index contributed by atoms with van der Waals surface area (Å²) in [5, 5.41) is 12.1. The van der Waals surface area contributed by atoms with Gasteiger partial charge in [0, 0.05) is 16.9 Å². The van der Waals surface area contributed by atoms with E-state index in [2.05, 4.69) is 10.1 Å². The van der Waals surface area contributed by atoms with Crippen molar-refractivity contribution in [2.24, 2.45) is 11.7 Å². The van der Waals surface area contributed by atoms with Crippen molar-refractivity contribution in [3.63, 3.8) is 0 Å². The zero-order valence-corrected chi connectivity index (χ0v) is 16.8. The molecule has 162 valence electrons. The highest BCUT2D eigenvalue weighted by atomic mass is 19.2. The van der Waals surface area contributed by atoms with Crippen molar-refractivity contribution in [2.45, 2.75) is 32.5 Å². The molecule has 30 heavy (non-hydrogen) atoms. The second-order valence-electron chi connectivity index (χ2n) is 6.80. The Bertz CT molecular complexity index is 915. The summed E-state index contributed by atoms with van der Waals surface area (Å²) in [5.74, 6) is -2.64. The van der Waals surface area contributed by atoms with Gasteiger partial charge in [-0.15, -0.1) is 0 Å². The molecule has 0 radical (unpaired) electrons. The Morgan fingerprint density at radius 2 is 2.00 bits per heavy atom. The van der Waals surface area contributed by atoms with Crippen LogP contribution in [-0.4, -0.2) is 36.3 Å². The molecule has 2 aromatic rings.